The van der Waals surface area contributed by atoms with E-state index in [9.17, 15) is 0 Å². The Balaban J connectivity index is 2.61. The van der Waals surface area contributed by atoms with Crippen LogP contribution in [0.5, 0.6) is 0 Å². The number of nitrogens with zero attached hydrogens (tertiary/aromatic N) is 2. The highest BCUT2D eigenvalue weighted by Crippen LogP contribution is 2.25. The van der Waals surface area contributed by atoms with E-state index < -0.39 is 0 Å². The summed E-state index contributed by atoms with van der Waals surface area (Å²) in [5.41, 5.74) is 0.409. The molecule has 2 atom stereocenters. The molecule has 84 valence electrons. The molecular weight excluding hydrogens is 172 g/mol. The summed E-state index contributed by atoms with van der Waals surface area (Å²) in [6, 6.07) is 0.712. The number of rotatable bonds is 2. The maximum atomic E-state index is 2.63. The molecule has 1 saturated heterocycles. The van der Waals surface area contributed by atoms with Gasteiger partial charge in [0, 0.05) is 19.1 Å². The van der Waals surface area contributed by atoms with Crippen LogP contribution in [-0.2, 0) is 0 Å². The normalized spacial score (nSPS) is 31.3. The lowest BCUT2D eigenvalue weighted by molar-refractivity contribution is 0.104. The molecule has 1 aliphatic heterocycles. The maximum Gasteiger partial charge on any atom is 0.0596 e. The quantitative estimate of drug-likeness (QED) is 0.672. The van der Waals surface area contributed by atoms with E-state index in [1.807, 2.05) is 0 Å². The van der Waals surface area contributed by atoms with E-state index >= 15 is 0 Å². The smallest absolute Gasteiger partial charge is 0.0596 e. The lowest BCUT2D eigenvalue weighted by Gasteiger charge is -2.33. The van der Waals surface area contributed by atoms with Gasteiger partial charge in [-0.1, -0.05) is 27.7 Å². The summed E-state index contributed by atoms with van der Waals surface area (Å²) in [5, 5.41) is 0. The minimum Gasteiger partial charge on any atom is -0.287 e. The fourth-order valence-corrected chi connectivity index (χ4v) is 2.40. The number of hydrogen-bond donors (Lipinski definition) is 0. The van der Waals surface area contributed by atoms with Crippen LogP contribution in [0.15, 0.2) is 0 Å². The molecule has 2 heteroatoms. The third-order valence-corrected chi connectivity index (χ3v) is 3.14. The second kappa shape index (κ2) is 4.19. The van der Waals surface area contributed by atoms with Crippen LogP contribution in [0.3, 0.4) is 0 Å². The summed E-state index contributed by atoms with van der Waals surface area (Å²) >= 11 is 0. The molecule has 1 heterocycles. The van der Waals surface area contributed by atoms with Gasteiger partial charge < -0.3 is 0 Å². The minimum absolute atomic E-state index is 0.409. The summed E-state index contributed by atoms with van der Waals surface area (Å²) in [6.07, 6.45) is 0.620. The molecule has 1 aliphatic rings. The van der Waals surface area contributed by atoms with Crippen molar-refractivity contribution in [1.29, 1.82) is 0 Å². The van der Waals surface area contributed by atoms with Crippen molar-refractivity contribution in [2.24, 2.45) is 5.41 Å². The molecule has 0 aliphatic carbocycles. The van der Waals surface area contributed by atoms with Crippen molar-refractivity contribution >= 4 is 0 Å². The Hall–Kier alpha value is -0.0800. The Morgan fingerprint density at radius 2 is 1.79 bits per heavy atom. The van der Waals surface area contributed by atoms with E-state index in [2.05, 4.69) is 51.3 Å². The second-order valence-corrected chi connectivity index (χ2v) is 5.80. The zero-order valence-corrected chi connectivity index (χ0v) is 10.7. The van der Waals surface area contributed by atoms with Crippen LogP contribution in [0.25, 0.3) is 0 Å². The molecule has 0 amide bonds. The summed E-state index contributed by atoms with van der Waals surface area (Å²) in [7, 11) is 0. The van der Waals surface area contributed by atoms with Crippen LogP contribution >= 0.6 is 0 Å². The van der Waals surface area contributed by atoms with Crippen LogP contribution in [0.2, 0.25) is 0 Å². The molecule has 0 bridgehead atoms. The fraction of sp³-hybridized carbons (Fsp3) is 1.00. The SMILES string of the molecule is CCN1CC(C)N(CC(C)(C)C)C1C. The zero-order valence-electron chi connectivity index (χ0n) is 10.7. The van der Waals surface area contributed by atoms with Crippen LogP contribution < -0.4 is 0 Å². The van der Waals surface area contributed by atoms with Gasteiger partial charge in [-0.3, -0.25) is 9.80 Å². The van der Waals surface area contributed by atoms with Crippen LogP contribution in [0.4, 0.5) is 0 Å². The highest BCUT2D eigenvalue weighted by atomic mass is 15.4. The second-order valence-electron chi connectivity index (χ2n) is 5.80. The van der Waals surface area contributed by atoms with E-state index in [1.54, 1.807) is 0 Å². The first kappa shape index (κ1) is 12.0. The Morgan fingerprint density at radius 3 is 2.14 bits per heavy atom. The van der Waals surface area contributed by atoms with Gasteiger partial charge >= 0.3 is 0 Å². The number of hydrogen-bond acceptors (Lipinski definition) is 2. The van der Waals surface area contributed by atoms with Gasteiger partial charge in [0.05, 0.1) is 6.17 Å². The van der Waals surface area contributed by atoms with Crippen molar-refractivity contribution in [3.05, 3.63) is 0 Å². The highest BCUT2D eigenvalue weighted by molar-refractivity contribution is 4.87. The summed E-state index contributed by atoms with van der Waals surface area (Å²) in [6.45, 7) is 17.5. The predicted octanol–water partition coefficient (Wildman–Crippen LogP) is 2.40. The van der Waals surface area contributed by atoms with Crippen molar-refractivity contribution in [3.8, 4) is 0 Å². The van der Waals surface area contributed by atoms with Crippen molar-refractivity contribution in [1.82, 2.24) is 9.80 Å². The van der Waals surface area contributed by atoms with E-state index in [4.69, 9.17) is 0 Å². The lowest BCUT2D eigenvalue weighted by Crippen LogP contribution is -2.42. The van der Waals surface area contributed by atoms with E-state index in [1.165, 1.54) is 19.6 Å². The molecular formula is C12H26N2. The van der Waals surface area contributed by atoms with Gasteiger partial charge in [-0.15, -0.1) is 0 Å². The maximum absolute atomic E-state index is 2.63. The Kier molecular flexibility index (Phi) is 3.59. The van der Waals surface area contributed by atoms with Crippen molar-refractivity contribution in [2.45, 2.75) is 53.8 Å². The summed E-state index contributed by atoms with van der Waals surface area (Å²) in [5.74, 6) is 0. The van der Waals surface area contributed by atoms with Crippen LogP contribution in [0.1, 0.15) is 41.5 Å². The molecule has 0 N–H and O–H groups in total. The van der Waals surface area contributed by atoms with Crippen molar-refractivity contribution in [3.63, 3.8) is 0 Å². The van der Waals surface area contributed by atoms with Gasteiger partial charge in [0.15, 0.2) is 0 Å². The van der Waals surface area contributed by atoms with Gasteiger partial charge in [0.1, 0.15) is 0 Å². The molecule has 0 aromatic heterocycles. The van der Waals surface area contributed by atoms with Crippen molar-refractivity contribution in [2.75, 3.05) is 19.6 Å². The Morgan fingerprint density at radius 1 is 1.21 bits per heavy atom. The van der Waals surface area contributed by atoms with Gasteiger partial charge in [0.25, 0.3) is 0 Å². The third kappa shape index (κ3) is 2.71. The van der Waals surface area contributed by atoms with Gasteiger partial charge in [0.2, 0.25) is 0 Å². The predicted molar refractivity (Wildman–Crippen MR) is 62.3 cm³/mol. The fourth-order valence-electron chi connectivity index (χ4n) is 2.40. The molecule has 0 spiro atoms. The minimum atomic E-state index is 0.409. The monoisotopic (exact) mass is 198 g/mol. The number of likely N-dealkylation sites (N-methyl/N-ethyl adjacent to an activating group) is 1. The average molecular weight is 198 g/mol. The third-order valence-electron chi connectivity index (χ3n) is 3.14. The molecule has 0 saturated carbocycles. The van der Waals surface area contributed by atoms with Gasteiger partial charge in [-0.2, -0.15) is 0 Å². The van der Waals surface area contributed by atoms with Gasteiger partial charge in [-0.05, 0) is 25.8 Å². The highest BCUT2D eigenvalue weighted by Gasteiger charge is 2.34. The standard InChI is InChI=1S/C12H26N2/c1-7-13-8-10(2)14(11(13)3)9-12(4,5)6/h10-11H,7-9H2,1-6H3. The lowest BCUT2D eigenvalue weighted by atomic mass is 9.95. The molecule has 0 radical (unpaired) electrons. The summed E-state index contributed by atoms with van der Waals surface area (Å²) < 4.78 is 0. The zero-order chi connectivity index (χ0) is 10.9. The Labute approximate surface area is 89.3 Å². The summed E-state index contributed by atoms with van der Waals surface area (Å²) in [4.78, 5) is 5.18. The first-order chi connectivity index (χ1) is 6.35. The molecule has 1 rings (SSSR count). The topological polar surface area (TPSA) is 6.48 Å². The Bertz CT molecular complexity index is 183. The average Bonchev–Trinajstić information content (AvgIpc) is 2.29. The first-order valence-corrected chi connectivity index (χ1v) is 5.85. The van der Waals surface area contributed by atoms with Crippen LogP contribution in [0, 0.1) is 5.41 Å². The van der Waals surface area contributed by atoms with E-state index in [0.717, 1.165) is 0 Å². The van der Waals surface area contributed by atoms with E-state index in [-0.39, 0.29) is 0 Å². The van der Waals surface area contributed by atoms with Gasteiger partial charge in [-0.25, -0.2) is 0 Å². The van der Waals surface area contributed by atoms with Crippen LogP contribution in [-0.4, -0.2) is 41.6 Å². The molecule has 2 unspecified atom stereocenters. The molecule has 14 heavy (non-hydrogen) atoms. The van der Waals surface area contributed by atoms with Crippen molar-refractivity contribution < 1.29 is 0 Å². The first-order valence-electron chi connectivity index (χ1n) is 5.85. The molecule has 0 aromatic rings. The van der Waals surface area contributed by atoms with E-state index in [0.29, 0.717) is 17.6 Å². The molecule has 1 fully saturated rings. The molecule has 0 aromatic carbocycles. The largest absolute Gasteiger partial charge is 0.287 e. The molecule has 2 nitrogen and oxygen atoms in total.